The molecule has 26 heavy (non-hydrogen) atoms. The lowest BCUT2D eigenvalue weighted by Gasteiger charge is -2.17. The number of amides is 1. The number of aromatic nitrogens is 2. The third kappa shape index (κ3) is 2.69. The van der Waals surface area contributed by atoms with Gasteiger partial charge in [0.05, 0.1) is 17.6 Å². The zero-order valence-corrected chi connectivity index (χ0v) is 15.2. The van der Waals surface area contributed by atoms with Crippen LogP contribution < -0.4 is 0 Å². The first-order chi connectivity index (χ1) is 12.7. The molecule has 0 bridgehead atoms. The Kier molecular flexibility index (Phi) is 3.75. The summed E-state index contributed by atoms with van der Waals surface area (Å²) in [5, 5.41) is 0.762. The van der Waals surface area contributed by atoms with Crippen molar-refractivity contribution < 1.29 is 4.79 Å². The number of rotatable bonds is 4. The molecule has 1 atom stereocenters. The van der Waals surface area contributed by atoms with E-state index in [0.29, 0.717) is 19.0 Å². The number of carbonyl (C=O) groups excluding carboxylic acids is 1. The molecule has 2 aliphatic rings. The molecule has 0 N–H and O–H groups in total. The predicted octanol–water partition coefficient (Wildman–Crippen LogP) is 4.22. The lowest BCUT2D eigenvalue weighted by molar-refractivity contribution is -0.128. The van der Waals surface area contributed by atoms with Crippen LogP contribution in [0.2, 0.25) is 5.02 Å². The monoisotopic (exact) mass is 365 g/mol. The van der Waals surface area contributed by atoms with Crippen LogP contribution in [0.1, 0.15) is 36.6 Å². The van der Waals surface area contributed by atoms with Crippen LogP contribution in [0.4, 0.5) is 0 Å². The Hall–Kier alpha value is -2.33. The van der Waals surface area contributed by atoms with Gasteiger partial charge in [-0.3, -0.25) is 4.79 Å². The average molecular weight is 366 g/mol. The highest BCUT2D eigenvalue weighted by molar-refractivity contribution is 6.31. The molecule has 5 heteroatoms. The lowest BCUT2D eigenvalue weighted by Crippen LogP contribution is -2.27. The van der Waals surface area contributed by atoms with Crippen molar-refractivity contribution in [2.75, 3.05) is 6.54 Å². The van der Waals surface area contributed by atoms with Gasteiger partial charge in [0, 0.05) is 29.9 Å². The largest absolute Gasteiger partial charge is 0.339 e. The number of fused-ring (bicyclic) bond motifs is 1. The van der Waals surface area contributed by atoms with Crippen LogP contribution in [0.3, 0.4) is 0 Å². The van der Waals surface area contributed by atoms with Gasteiger partial charge < -0.3 is 9.47 Å². The lowest BCUT2D eigenvalue weighted by atomic mass is 10.1. The maximum Gasteiger partial charge on any atom is 0.223 e. The second kappa shape index (κ2) is 6.13. The minimum absolute atomic E-state index is 0.151. The first kappa shape index (κ1) is 15.9. The number of imidazole rings is 1. The van der Waals surface area contributed by atoms with Gasteiger partial charge in [-0.25, -0.2) is 4.98 Å². The van der Waals surface area contributed by atoms with Crippen molar-refractivity contribution in [3.8, 4) is 0 Å². The minimum atomic E-state index is 0.151. The molecule has 0 spiro atoms. The van der Waals surface area contributed by atoms with Crippen LogP contribution in [0.15, 0.2) is 48.5 Å². The molecular formula is C21H20ClN3O. The molecular weight excluding hydrogens is 346 g/mol. The summed E-state index contributed by atoms with van der Waals surface area (Å²) in [6, 6.07) is 16.6. The van der Waals surface area contributed by atoms with Crippen LogP contribution in [-0.2, 0) is 11.3 Å². The number of nitrogens with zero attached hydrogens (tertiary/aromatic N) is 3. The molecule has 1 saturated heterocycles. The van der Waals surface area contributed by atoms with Crippen molar-refractivity contribution in [3.63, 3.8) is 0 Å². The van der Waals surface area contributed by atoms with Gasteiger partial charge in [-0.2, -0.15) is 0 Å². The molecule has 3 aromatic rings. The van der Waals surface area contributed by atoms with E-state index >= 15 is 0 Å². The fraction of sp³-hybridized carbons (Fsp3) is 0.333. The van der Waals surface area contributed by atoms with Gasteiger partial charge in [-0.15, -0.1) is 0 Å². The Morgan fingerprint density at radius 3 is 2.65 bits per heavy atom. The fourth-order valence-corrected chi connectivity index (χ4v) is 4.21. The van der Waals surface area contributed by atoms with Crippen LogP contribution >= 0.6 is 11.6 Å². The third-order valence-corrected chi connectivity index (χ3v) is 5.85. The number of hydrogen-bond acceptors (Lipinski definition) is 2. The Balaban J connectivity index is 1.57. The molecule has 4 nitrogen and oxygen atoms in total. The van der Waals surface area contributed by atoms with Gasteiger partial charge >= 0.3 is 0 Å². The second-order valence-corrected chi connectivity index (χ2v) is 7.72. The van der Waals surface area contributed by atoms with Gasteiger partial charge in [0.2, 0.25) is 5.91 Å². The summed E-state index contributed by atoms with van der Waals surface area (Å²) in [7, 11) is 0. The summed E-state index contributed by atoms with van der Waals surface area (Å²) < 4.78 is 2.24. The first-order valence-electron chi connectivity index (χ1n) is 9.19. The molecule has 1 aromatic heterocycles. The molecule has 0 radical (unpaired) electrons. The molecule has 1 unspecified atom stereocenters. The van der Waals surface area contributed by atoms with E-state index in [1.54, 1.807) is 0 Å². The Morgan fingerprint density at radius 2 is 1.85 bits per heavy atom. The smallest absolute Gasteiger partial charge is 0.223 e. The molecule has 1 saturated carbocycles. The van der Waals surface area contributed by atoms with E-state index in [2.05, 4.69) is 21.6 Å². The maximum absolute atomic E-state index is 12.4. The Labute approximate surface area is 157 Å². The van der Waals surface area contributed by atoms with Crippen LogP contribution in [-0.4, -0.2) is 32.9 Å². The SMILES string of the molecule is O=C1CC(c2nc3ccccc3n2Cc2ccccc2Cl)CN1C1CC1. The number of carbonyl (C=O) groups is 1. The van der Waals surface area contributed by atoms with Gasteiger partial charge in [0.15, 0.2) is 0 Å². The van der Waals surface area contributed by atoms with Crippen molar-refractivity contribution in [1.29, 1.82) is 0 Å². The molecule has 2 aromatic carbocycles. The quantitative estimate of drug-likeness (QED) is 0.694. The minimum Gasteiger partial charge on any atom is -0.339 e. The van der Waals surface area contributed by atoms with E-state index in [9.17, 15) is 4.79 Å². The molecule has 132 valence electrons. The summed E-state index contributed by atoms with van der Waals surface area (Å²) in [5.41, 5.74) is 3.15. The van der Waals surface area contributed by atoms with Crippen molar-refractivity contribution in [1.82, 2.24) is 14.5 Å². The van der Waals surface area contributed by atoms with Crippen molar-refractivity contribution in [2.45, 2.75) is 37.8 Å². The average Bonchev–Trinajstić information content (AvgIpc) is 3.32. The predicted molar refractivity (Wildman–Crippen MR) is 102 cm³/mol. The van der Waals surface area contributed by atoms with Gasteiger partial charge in [0.25, 0.3) is 0 Å². The summed E-state index contributed by atoms with van der Waals surface area (Å²) in [5.74, 6) is 1.43. The van der Waals surface area contributed by atoms with Crippen molar-refractivity contribution >= 4 is 28.5 Å². The number of para-hydroxylation sites is 2. The van der Waals surface area contributed by atoms with E-state index in [0.717, 1.165) is 46.8 Å². The highest BCUT2D eigenvalue weighted by Crippen LogP contribution is 2.37. The first-order valence-corrected chi connectivity index (χ1v) is 9.56. The van der Waals surface area contributed by atoms with Gasteiger partial charge in [-0.05, 0) is 36.6 Å². The molecule has 1 aliphatic heterocycles. The number of hydrogen-bond donors (Lipinski definition) is 0. The molecule has 2 fully saturated rings. The van der Waals surface area contributed by atoms with Crippen molar-refractivity contribution in [2.24, 2.45) is 0 Å². The van der Waals surface area contributed by atoms with Gasteiger partial charge in [0.1, 0.15) is 5.82 Å². The Morgan fingerprint density at radius 1 is 1.08 bits per heavy atom. The maximum atomic E-state index is 12.4. The summed E-state index contributed by atoms with van der Waals surface area (Å²) in [6.45, 7) is 1.46. The standard InChI is InChI=1S/C21H20ClN3O/c22-17-6-2-1-5-14(17)12-25-19-8-4-3-7-18(19)23-21(25)15-11-20(26)24(13-15)16-9-10-16/h1-8,15-16H,9-13H2. The highest BCUT2D eigenvalue weighted by Gasteiger charge is 2.41. The summed E-state index contributed by atoms with van der Waals surface area (Å²) >= 11 is 6.40. The van der Waals surface area contributed by atoms with E-state index < -0.39 is 0 Å². The zero-order valence-electron chi connectivity index (χ0n) is 14.4. The third-order valence-electron chi connectivity index (χ3n) is 5.48. The number of benzene rings is 2. The molecule has 2 heterocycles. The molecule has 1 amide bonds. The molecule has 1 aliphatic carbocycles. The highest BCUT2D eigenvalue weighted by atomic mass is 35.5. The van der Waals surface area contributed by atoms with Crippen LogP contribution in [0, 0.1) is 0 Å². The topological polar surface area (TPSA) is 38.1 Å². The van der Waals surface area contributed by atoms with Crippen LogP contribution in [0.5, 0.6) is 0 Å². The molecule has 5 rings (SSSR count). The summed E-state index contributed by atoms with van der Waals surface area (Å²) in [4.78, 5) is 19.4. The normalized spacial score (nSPS) is 20.3. The number of likely N-dealkylation sites (tertiary alicyclic amines) is 1. The van der Waals surface area contributed by atoms with E-state index in [4.69, 9.17) is 16.6 Å². The van der Waals surface area contributed by atoms with E-state index in [-0.39, 0.29) is 11.8 Å². The van der Waals surface area contributed by atoms with E-state index in [1.807, 2.05) is 36.4 Å². The fourth-order valence-electron chi connectivity index (χ4n) is 4.01. The van der Waals surface area contributed by atoms with Crippen LogP contribution in [0.25, 0.3) is 11.0 Å². The summed E-state index contributed by atoms with van der Waals surface area (Å²) in [6.07, 6.45) is 2.85. The second-order valence-electron chi connectivity index (χ2n) is 7.31. The van der Waals surface area contributed by atoms with Crippen molar-refractivity contribution in [3.05, 3.63) is 64.9 Å². The zero-order chi connectivity index (χ0) is 17.7. The Bertz CT molecular complexity index is 992. The van der Waals surface area contributed by atoms with E-state index in [1.165, 1.54) is 0 Å². The van der Waals surface area contributed by atoms with Gasteiger partial charge in [-0.1, -0.05) is 41.9 Å². The number of halogens is 1.